The minimum Gasteiger partial charge on any atom is -0.493 e. The number of hydrogen-bond acceptors (Lipinski definition) is 7. The molecule has 31 heavy (non-hydrogen) atoms. The second-order valence-electron chi connectivity index (χ2n) is 7.20. The lowest BCUT2D eigenvalue weighted by Gasteiger charge is -2.14. The lowest BCUT2D eigenvalue weighted by atomic mass is 10.2. The van der Waals surface area contributed by atoms with Gasteiger partial charge in [0.05, 0.1) is 12.7 Å². The number of carbonyl (C=O) groups is 1. The maximum absolute atomic E-state index is 12.8. The first-order chi connectivity index (χ1) is 14.7. The van der Waals surface area contributed by atoms with Crippen molar-refractivity contribution in [1.82, 2.24) is 10.2 Å². The Morgan fingerprint density at radius 3 is 2.58 bits per heavy atom. The molecule has 8 nitrogen and oxygen atoms in total. The largest absolute Gasteiger partial charge is 0.493 e. The van der Waals surface area contributed by atoms with E-state index in [4.69, 9.17) is 9.47 Å². The predicted molar refractivity (Wildman–Crippen MR) is 121 cm³/mol. The first kappa shape index (κ1) is 22.9. The van der Waals surface area contributed by atoms with Crippen LogP contribution in [0.4, 0.5) is 5.82 Å². The predicted octanol–water partition coefficient (Wildman–Crippen LogP) is 3.72. The Morgan fingerprint density at radius 2 is 1.97 bits per heavy atom. The van der Waals surface area contributed by atoms with Crippen LogP contribution in [0, 0.1) is 0 Å². The summed E-state index contributed by atoms with van der Waals surface area (Å²) in [4.78, 5) is 22.3. The van der Waals surface area contributed by atoms with Crippen molar-refractivity contribution in [3.05, 3.63) is 58.3 Å². The first-order valence-electron chi connectivity index (χ1n) is 9.62. The van der Waals surface area contributed by atoms with Gasteiger partial charge in [-0.1, -0.05) is 0 Å². The Morgan fingerprint density at radius 1 is 1.19 bits per heavy atom. The second-order valence-corrected chi connectivity index (χ2v) is 10.2. The highest BCUT2D eigenvalue weighted by Gasteiger charge is 2.17. The van der Waals surface area contributed by atoms with Crippen LogP contribution in [0.1, 0.15) is 29.8 Å². The van der Waals surface area contributed by atoms with E-state index < -0.39 is 13.3 Å². The van der Waals surface area contributed by atoms with Crippen molar-refractivity contribution < 1.29 is 23.7 Å². The highest BCUT2D eigenvalue weighted by atomic mass is 32.1. The van der Waals surface area contributed by atoms with Crippen molar-refractivity contribution in [3.8, 4) is 11.5 Å². The number of nitrogens with one attached hydrogen (secondary N) is 1. The van der Waals surface area contributed by atoms with Crippen LogP contribution in [0.2, 0.25) is 0 Å². The SMILES string of the molecule is CC(C)Oc1cc(OCCc2ccsc2)cc(C(=O)Nc2ccc(P(C)(=O)O)nn2)c1. The fraction of sp³-hybridized carbons (Fsp3) is 0.286. The number of hydrogen-bond donors (Lipinski definition) is 2. The molecule has 3 aromatic rings. The maximum Gasteiger partial charge on any atom is 0.257 e. The molecule has 3 rings (SSSR count). The number of aromatic nitrogens is 2. The summed E-state index contributed by atoms with van der Waals surface area (Å²) in [7, 11) is -3.50. The number of nitrogens with zero attached hydrogens (tertiary/aromatic N) is 2. The van der Waals surface area contributed by atoms with Gasteiger partial charge in [-0.3, -0.25) is 9.36 Å². The number of carbonyl (C=O) groups excluding carboxylic acids is 1. The molecule has 164 valence electrons. The second kappa shape index (κ2) is 10.0. The fourth-order valence-electron chi connectivity index (χ4n) is 2.65. The third kappa shape index (κ3) is 6.89. The van der Waals surface area contributed by atoms with Gasteiger partial charge in [0.2, 0.25) is 7.37 Å². The van der Waals surface area contributed by atoms with E-state index in [-0.39, 0.29) is 17.4 Å². The fourth-order valence-corrected chi connectivity index (χ4v) is 3.91. The summed E-state index contributed by atoms with van der Waals surface area (Å²) in [5, 5.41) is 14.2. The van der Waals surface area contributed by atoms with E-state index in [0.29, 0.717) is 23.7 Å². The van der Waals surface area contributed by atoms with E-state index in [1.165, 1.54) is 24.4 Å². The van der Waals surface area contributed by atoms with Crippen LogP contribution in [0.3, 0.4) is 0 Å². The molecule has 0 radical (unpaired) electrons. The molecule has 1 amide bonds. The van der Waals surface area contributed by atoms with E-state index in [2.05, 4.69) is 20.9 Å². The summed E-state index contributed by atoms with van der Waals surface area (Å²) in [6.45, 7) is 5.44. The zero-order valence-corrected chi connectivity index (χ0v) is 19.2. The van der Waals surface area contributed by atoms with Gasteiger partial charge in [0.25, 0.3) is 5.91 Å². The summed E-state index contributed by atoms with van der Waals surface area (Å²) in [6.07, 6.45) is 0.688. The standard InChI is InChI=1S/C21H24N3O5PS/c1-14(2)29-18-11-16(10-17(12-18)28-8-6-15-7-9-31-13-15)21(25)22-19-4-5-20(24-23-19)30(3,26)27/h4-5,7,9-14H,6,8H2,1-3H3,(H,26,27)(H,22,23,25). The Bertz CT molecular complexity index is 1070. The van der Waals surface area contributed by atoms with Crippen LogP contribution < -0.4 is 20.2 Å². The van der Waals surface area contributed by atoms with Crippen molar-refractivity contribution in [2.75, 3.05) is 18.6 Å². The van der Waals surface area contributed by atoms with Crippen LogP contribution in [0.5, 0.6) is 11.5 Å². The van der Waals surface area contributed by atoms with Crippen LogP contribution in [0.15, 0.2) is 47.2 Å². The van der Waals surface area contributed by atoms with Crippen LogP contribution >= 0.6 is 18.7 Å². The Hall–Kier alpha value is -2.74. The number of benzene rings is 1. The van der Waals surface area contributed by atoms with Gasteiger partial charge in [-0.25, -0.2) is 0 Å². The van der Waals surface area contributed by atoms with Gasteiger partial charge >= 0.3 is 0 Å². The molecule has 0 spiro atoms. The normalized spacial score (nSPS) is 12.9. The Labute approximate surface area is 184 Å². The minimum atomic E-state index is -3.50. The molecule has 0 fully saturated rings. The monoisotopic (exact) mass is 461 g/mol. The Balaban J connectivity index is 1.74. The van der Waals surface area contributed by atoms with E-state index in [1.54, 1.807) is 29.5 Å². The molecule has 1 unspecified atom stereocenters. The van der Waals surface area contributed by atoms with Crippen molar-refractivity contribution >= 4 is 35.9 Å². The van der Waals surface area contributed by atoms with Crippen LogP contribution in [-0.4, -0.2) is 40.4 Å². The lowest BCUT2D eigenvalue weighted by Crippen LogP contribution is -2.17. The molecule has 0 bridgehead atoms. The quantitative estimate of drug-likeness (QED) is 0.467. The van der Waals surface area contributed by atoms with Crippen molar-refractivity contribution in [1.29, 1.82) is 0 Å². The zero-order valence-electron chi connectivity index (χ0n) is 17.4. The lowest BCUT2D eigenvalue weighted by molar-refractivity contribution is 0.102. The van der Waals surface area contributed by atoms with E-state index >= 15 is 0 Å². The van der Waals surface area contributed by atoms with Crippen LogP contribution in [-0.2, 0) is 11.0 Å². The summed E-state index contributed by atoms with van der Waals surface area (Å²) in [5.41, 5.74) is 1.50. The summed E-state index contributed by atoms with van der Waals surface area (Å²) < 4.78 is 23.2. The molecular formula is C21H24N3O5PS. The van der Waals surface area contributed by atoms with Gasteiger partial charge in [0.15, 0.2) is 5.82 Å². The first-order valence-corrected chi connectivity index (χ1v) is 12.7. The average molecular weight is 461 g/mol. The van der Waals surface area contributed by atoms with Crippen molar-refractivity contribution in [3.63, 3.8) is 0 Å². The third-order valence-electron chi connectivity index (χ3n) is 4.07. The minimum absolute atomic E-state index is 0.0286. The van der Waals surface area contributed by atoms with Gasteiger partial charge in [-0.15, -0.1) is 10.2 Å². The van der Waals surface area contributed by atoms with E-state index in [9.17, 15) is 14.3 Å². The van der Waals surface area contributed by atoms with Gasteiger partial charge in [0.1, 0.15) is 16.9 Å². The summed E-state index contributed by atoms with van der Waals surface area (Å²) >= 11 is 1.64. The molecule has 0 aliphatic rings. The topological polar surface area (TPSA) is 111 Å². The van der Waals surface area contributed by atoms with Gasteiger partial charge < -0.3 is 19.7 Å². The van der Waals surface area contributed by atoms with Crippen molar-refractivity contribution in [2.45, 2.75) is 26.4 Å². The van der Waals surface area contributed by atoms with E-state index in [0.717, 1.165) is 6.42 Å². The molecule has 0 saturated heterocycles. The van der Waals surface area contributed by atoms with Crippen molar-refractivity contribution in [2.24, 2.45) is 0 Å². The molecule has 1 atom stereocenters. The highest BCUT2D eigenvalue weighted by Crippen LogP contribution is 2.32. The number of rotatable bonds is 9. The molecule has 0 aliphatic carbocycles. The molecule has 2 N–H and O–H groups in total. The average Bonchev–Trinajstić information content (AvgIpc) is 3.20. The number of anilines is 1. The molecule has 10 heteroatoms. The third-order valence-corrected chi connectivity index (χ3v) is 5.89. The number of amides is 1. The molecule has 1 aromatic carbocycles. The van der Waals surface area contributed by atoms with Gasteiger partial charge in [-0.05, 0) is 60.5 Å². The molecule has 2 aromatic heterocycles. The van der Waals surface area contributed by atoms with Gasteiger partial charge in [0, 0.05) is 24.7 Å². The van der Waals surface area contributed by atoms with Crippen LogP contribution in [0.25, 0.3) is 0 Å². The molecule has 0 aliphatic heterocycles. The molecule has 2 heterocycles. The van der Waals surface area contributed by atoms with E-state index in [1.807, 2.05) is 25.3 Å². The number of ether oxygens (including phenoxy) is 2. The summed E-state index contributed by atoms with van der Waals surface area (Å²) in [5.74, 6) is 0.772. The molecular weight excluding hydrogens is 437 g/mol. The number of thiophene rings is 1. The Kier molecular flexibility index (Phi) is 7.43. The van der Waals surface area contributed by atoms with Gasteiger partial charge in [-0.2, -0.15) is 11.3 Å². The smallest absolute Gasteiger partial charge is 0.257 e. The zero-order chi connectivity index (χ0) is 22.4. The molecule has 0 saturated carbocycles. The maximum atomic E-state index is 12.8. The summed E-state index contributed by atoms with van der Waals surface area (Å²) in [6, 6.07) is 9.84. The highest BCUT2D eigenvalue weighted by molar-refractivity contribution is 7.65.